The van der Waals surface area contributed by atoms with Gasteiger partial charge in [-0.05, 0) is 68.6 Å². The lowest BCUT2D eigenvalue weighted by Gasteiger charge is -2.10. The molecule has 0 saturated carbocycles. The van der Waals surface area contributed by atoms with E-state index in [0.29, 0.717) is 17.5 Å². The van der Waals surface area contributed by atoms with E-state index in [1.807, 2.05) is 24.3 Å². The van der Waals surface area contributed by atoms with Gasteiger partial charge in [0.15, 0.2) is 17.5 Å². The Bertz CT molecular complexity index is 3570. The summed E-state index contributed by atoms with van der Waals surface area (Å²) in [5.41, 5.74) is 10.3. The first-order valence-electron chi connectivity index (χ1n) is 19.4. The van der Waals surface area contributed by atoms with Crippen LogP contribution in [0.3, 0.4) is 0 Å². The summed E-state index contributed by atoms with van der Waals surface area (Å²) < 4.78 is 13.3. The zero-order valence-corrected chi connectivity index (χ0v) is 31.1. The van der Waals surface area contributed by atoms with Crippen molar-refractivity contribution in [2.45, 2.75) is 0 Å². The Hall–Kier alpha value is -7.89. The topological polar surface area (TPSA) is 65.0 Å². The van der Waals surface area contributed by atoms with Gasteiger partial charge in [0.1, 0.15) is 22.3 Å². The van der Waals surface area contributed by atoms with Crippen LogP contribution >= 0.6 is 0 Å². The predicted octanol–water partition coefficient (Wildman–Crippen LogP) is 14.3. The molecule has 0 fully saturated rings. The average molecular weight is 742 g/mol. The van der Waals surface area contributed by atoms with Crippen LogP contribution in [-0.2, 0) is 0 Å². The van der Waals surface area contributed by atoms with Gasteiger partial charge in [0.05, 0.1) is 0 Å². The number of rotatable bonds is 5. The van der Waals surface area contributed by atoms with Crippen molar-refractivity contribution in [2.75, 3.05) is 0 Å². The summed E-state index contributed by atoms with van der Waals surface area (Å²) >= 11 is 0. The highest BCUT2D eigenvalue weighted by atomic mass is 16.3. The number of aromatic nitrogens is 3. The zero-order chi connectivity index (χ0) is 38.2. The number of benzene rings is 9. The standard InChI is InChI=1S/C53H31N3O2/c1-2-11-32(12-3-1)34-23-26-35(27-24-34)51-54-52(39-28-25-33-13-4-5-14-36(33)29-39)56-53(55-51)43-20-10-22-46-49(43)42-19-8-18-41(50(42)58-46)40-17-9-21-45-48(40)44-30-37-15-6-7-16-38(37)31-47(44)57-45/h1-31H. The maximum absolute atomic E-state index is 6.84. The van der Waals surface area contributed by atoms with Gasteiger partial charge in [0.25, 0.3) is 0 Å². The highest BCUT2D eigenvalue weighted by Gasteiger charge is 2.22. The molecule has 0 radical (unpaired) electrons. The molecule has 0 aliphatic rings. The van der Waals surface area contributed by atoms with Gasteiger partial charge in [0, 0.05) is 43.8 Å². The number of nitrogens with zero attached hydrogens (tertiary/aromatic N) is 3. The van der Waals surface area contributed by atoms with Crippen LogP contribution in [-0.4, -0.2) is 15.0 Å². The van der Waals surface area contributed by atoms with E-state index < -0.39 is 0 Å². The Labute approximate surface area is 332 Å². The summed E-state index contributed by atoms with van der Waals surface area (Å²) in [5, 5.41) is 8.69. The molecule has 12 aromatic rings. The molecule has 0 amide bonds. The minimum atomic E-state index is 0.578. The van der Waals surface area contributed by atoms with Gasteiger partial charge in [0.2, 0.25) is 0 Å². The van der Waals surface area contributed by atoms with E-state index in [9.17, 15) is 0 Å². The number of fused-ring (bicyclic) bond motifs is 8. The van der Waals surface area contributed by atoms with Crippen LogP contribution in [0.4, 0.5) is 0 Å². The Balaban J connectivity index is 1.06. The van der Waals surface area contributed by atoms with Crippen LogP contribution in [0.1, 0.15) is 0 Å². The quantitative estimate of drug-likeness (QED) is 0.176. The molecular weight excluding hydrogens is 711 g/mol. The van der Waals surface area contributed by atoms with Crippen molar-refractivity contribution in [2.24, 2.45) is 0 Å². The van der Waals surface area contributed by atoms with Crippen LogP contribution in [0.25, 0.3) is 122 Å². The number of hydrogen-bond acceptors (Lipinski definition) is 5. The third-order valence-corrected chi connectivity index (χ3v) is 11.3. The summed E-state index contributed by atoms with van der Waals surface area (Å²) in [7, 11) is 0. The van der Waals surface area contributed by atoms with Gasteiger partial charge >= 0.3 is 0 Å². The number of furan rings is 2. The first-order valence-corrected chi connectivity index (χ1v) is 19.4. The fourth-order valence-corrected chi connectivity index (χ4v) is 8.51. The molecule has 5 nitrogen and oxygen atoms in total. The van der Waals surface area contributed by atoms with Crippen molar-refractivity contribution in [3.8, 4) is 56.4 Å². The SMILES string of the molecule is c1ccc(-c2ccc(-c3nc(-c4ccc5ccccc5c4)nc(-c4cccc5oc6c(-c7cccc8oc9cc%10ccccc%10cc9c78)cccc6c45)n3)cc2)cc1. The zero-order valence-electron chi connectivity index (χ0n) is 31.1. The van der Waals surface area contributed by atoms with Gasteiger partial charge in [-0.3, -0.25) is 0 Å². The smallest absolute Gasteiger partial charge is 0.164 e. The fraction of sp³-hybridized carbons (Fsp3) is 0. The second-order valence-corrected chi connectivity index (χ2v) is 14.8. The van der Waals surface area contributed by atoms with Crippen LogP contribution < -0.4 is 0 Å². The number of para-hydroxylation sites is 1. The molecule has 0 saturated heterocycles. The van der Waals surface area contributed by atoms with Gasteiger partial charge < -0.3 is 8.83 Å². The van der Waals surface area contributed by atoms with Crippen molar-refractivity contribution in [1.29, 1.82) is 0 Å². The Morgan fingerprint density at radius 1 is 0.293 bits per heavy atom. The lowest BCUT2D eigenvalue weighted by molar-refractivity contribution is 0.669. The summed E-state index contributed by atoms with van der Waals surface area (Å²) in [6, 6.07) is 65.1. The maximum Gasteiger partial charge on any atom is 0.164 e. The monoisotopic (exact) mass is 741 g/mol. The van der Waals surface area contributed by atoms with Crippen LogP contribution in [0.5, 0.6) is 0 Å². The molecule has 3 aromatic heterocycles. The minimum Gasteiger partial charge on any atom is -0.456 e. The Kier molecular flexibility index (Phi) is 7.16. The van der Waals surface area contributed by atoms with E-state index in [2.05, 4.69) is 164 Å². The second kappa shape index (κ2) is 12.8. The van der Waals surface area contributed by atoms with E-state index >= 15 is 0 Å². The fourth-order valence-electron chi connectivity index (χ4n) is 8.51. The summed E-state index contributed by atoms with van der Waals surface area (Å²) in [5.74, 6) is 1.78. The van der Waals surface area contributed by atoms with Gasteiger partial charge in [-0.25, -0.2) is 15.0 Å². The summed E-state index contributed by atoms with van der Waals surface area (Å²) in [4.78, 5) is 15.5. The van der Waals surface area contributed by atoms with Gasteiger partial charge in [-0.2, -0.15) is 0 Å². The van der Waals surface area contributed by atoms with E-state index in [1.54, 1.807) is 0 Å². The molecule has 0 spiro atoms. The second-order valence-electron chi connectivity index (χ2n) is 14.8. The normalized spacial score (nSPS) is 11.8. The molecule has 0 atom stereocenters. The van der Waals surface area contributed by atoms with Crippen LogP contribution in [0.15, 0.2) is 197 Å². The predicted molar refractivity (Wildman–Crippen MR) is 237 cm³/mol. The maximum atomic E-state index is 6.84. The molecule has 12 rings (SSSR count). The number of hydrogen-bond donors (Lipinski definition) is 0. The van der Waals surface area contributed by atoms with E-state index in [0.717, 1.165) is 99.0 Å². The molecule has 0 bridgehead atoms. The van der Waals surface area contributed by atoms with Gasteiger partial charge in [-0.1, -0.05) is 158 Å². The first kappa shape index (κ1) is 32.4. The highest BCUT2D eigenvalue weighted by molar-refractivity contribution is 6.20. The molecule has 3 heterocycles. The Morgan fingerprint density at radius 2 is 0.845 bits per heavy atom. The largest absolute Gasteiger partial charge is 0.456 e. The van der Waals surface area contributed by atoms with E-state index in [-0.39, 0.29) is 0 Å². The van der Waals surface area contributed by atoms with Crippen LogP contribution in [0, 0.1) is 0 Å². The van der Waals surface area contributed by atoms with Crippen molar-refractivity contribution < 1.29 is 8.83 Å². The molecule has 58 heavy (non-hydrogen) atoms. The molecule has 9 aromatic carbocycles. The molecular formula is C53H31N3O2. The highest BCUT2D eigenvalue weighted by Crippen LogP contribution is 2.44. The molecule has 0 aliphatic heterocycles. The van der Waals surface area contributed by atoms with E-state index in [4.69, 9.17) is 23.8 Å². The lowest BCUT2D eigenvalue weighted by Crippen LogP contribution is -2.00. The first-order chi connectivity index (χ1) is 28.7. The van der Waals surface area contributed by atoms with Crippen LogP contribution in [0.2, 0.25) is 0 Å². The Morgan fingerprint density at radius 3 is 1.64 bits per heavy atom. The van der Waals surface area contributed by atoms with Crippen molar-refractivity contribution >= 4 is 65.4 Å². The molecule has 0 aliphatic carbocycles. The van der Waals surface area contributed by atoms with Crippen molar-refractivity contribution in [1.82, 2.24) is 15.0 Å². The minimum absolute atomic E-state index is 0.578. The van der Waals surface area contributed by atoms with Crippen molar-refractivity contribution in [3.63, 3.8) is 0 Å². The average Bonchev–Trinajstić information content (AvgIpc) is 3.86. The third-order valence-electron chi connectivity index (χ3n) is 11.3. The lowest BCUT2D eigenvalue weighted by atomic mass is 9.96. The molecule has 0 N–H and O–H groups in total. The molecule has 270 valence electrons. The van der Waals surface area contributed by atoms with Crippen molar-refractivity contribution in [3.05, 3.63) is 188 Å². The molecule has 5 heteroatoms. The third kappa shape index (κ3) is 5.21. The molecule has 0 unspecified atom stereocenters. The van der Waals surface area contributed by atoms with Gasteiger partial charge in [-0.15, -0.1) is 0 Å². The summed E-state index contributed by atoms with van der Waals surface area (Å²) in [6.45, 7) is 0. The summed E-state index contributed by atoms with van der Waals surface area (Å²) in [6.07, 6.45) is 0. The van der Waals surface area contributed by atoms with E-state index in [1.165, 1.54) is 5.39 Å².